The number of hydrogen-bond donors (Lipinski definition) is 1. The first-order valence-electron chi connectivity index (χ1n) is 7.46. The summed E-state index contributed by atoms with van der Waals surface area (Å²) in [5, 5.41) is 10.1. The quantitative estimate of drug-likeness (QED) is 0.594. The summed E-state index contributed by atoms with van der Waals surface area (Å²) in [6.45, 7) is 4.49. The lowest BCUT2D eigenvalue weighted by Gasteiger charge is -2.10. The maximum Gasteiger partial charge on any atom is 0.336 e. The van der Waals surface area contributed by atoms with Gasteiger partial charge < -0.3 is 9.84 Å². The Balaban J connectivity index is 2.47. The molecule has 0 radical (unpaired) electrons. The Morgan fingerprint density at radius 1 is 1.26 bits per heavy atom. The van der Waals surface area contributed by atoms with Crippen molar-refractivity contribution in [1.29, 1.82) is 0 Å². The van der Waals surface area contributed by atoms with Crippen molar-refractivity contribution in [2.75, 3.05) is 6.61 Å². The van der Waals surface area contributed by atoms with Crippen LogP contribution in [0.4, 0.5) is 0 Å². The van der Waals surface area contributed by atoms with E-state index in [4.69, 9.17) is 16.3 Å². The zero-order chi connectivity index (χ0) is 16.8. The van der Waals surface area contributed by atoms with E-state index in [0.29, 0.717) is 22.9 Å². The van der Waals surface area contributed by atoms with Gasteiger partial charge in [0.1, 0.15) is 5.75 Å². The Bertz CT molecular complexity index is 735. The number of ether oxygens (including phenoxy) is 1. The zero-order valence-electron chi connectivity index (χ0n) is 13.2. The van der Waals surface area contributed by atoms with Crippen molar-refractivity contribution >= 4 is 29.2 Å². The number of aryl methyl sites for hydroxylation is 1. The van der Waals surface area contributed by atoms with Crippen LogP contribution in [0.1, 0.15) is 30.0 Å². The number of carboxylic acids is 1. The van der Waals surface area contributed by atoms with E-state index in [0.717, 1.165) is 17.5 Å². The number of carboxylic acid groups (broad SMARTS) is 1. The third-order valence-corrected chi connectivity index (χ3v) is 3.80. The summed E-state index contributed by atoms with van der Waals surface area (Å²) in [6, 6.07) is 12.6. The maximum atomic E-state index is 11.7. The Labute approximate surface area is 141 Å². The smallest absolute Gasteiger partial charge is 0.336 e. The Hall–Kier alpha value is -2.26. The second-order valence-corrected chi connectivity index (χ2v) is 5.62. The molecule has 0 unspecified atom stereocenters. The van der Waals surface area contributed by atoms with Gasteiger partial charge in [-0.3, -0.25) is 0 Å². The van der Waals surface area contributed by atoms with Gasteiger partial charge in [-0.15, -0.1) is 0 Å². The van der Waals surface area contributed by atoms with Crippen LogP contribution in [-0.4, -0.2) is 17.7 Å². The highest BCUT2D eigenvalue weighted by atomic mass is 35.5. The minimum atomic E-state index is -1.00. The lowest BCUT2D eigenvalue weighted by Crippen LogP contribution is -2.01. The van der Waals surface area contributed by atoms with E-state index in [1.165, 1.54) is 0 Å². The molecule has 0 heterocycles. The van der Waals surface area contributed by atoms with Gasteiger partial charge in [0, 0.05) is 10.6 Å². The summed E-state index contributed by atoms with van der Waals surface area (Å²) in [5.41, 5.74) is 2.39. The van der Waals surface area contributed by atoms with Crippen molar-refractivity contribution in [3.63, 3.8) is 0 Å². The molecule has 1 N–H and O–H groups in total. The molecule has 0 saturated carbocycles. The number of rotatable bonds is 6. The summed E-state index contributed by atoms with van der Waals surface area (Å²) in [5.74, 6) is -0.332. The first kappa shape index (κ1) is 17.1. The number of aliphatic carboxylic acids is 1. The van der Waals surface area contributed by atoms with Crippen molar-refractivity contribution in [1.82, 2.24) is 0 Å². The molecular formula is C19H19ClO3. The third kappa shape index (κ3) is 4.36. The second-order valence-electron chi connectivity index (χ2n) is 5.21. The zero-order valence-corrected chi connectivity index (χ0v) is 13.9. The van der Waals surface area contributed by atoms with Crippen molar-refractivity contribution < 1.29 is 14.6 Å². The van der Waals surface area contributed by atoms with E-state index < -0.39 is 5.97 Å². The molecule has 0 aliphatic rings. The highest BCUT2D eigenvalue weighted by molar-refractivity contribution is 6.32. The normalized spacial score (nSPS) is 11.3. The van der Waals surface area contributed by atoms with E-state index in [9.17, 15) is 9.90 Å². The summed E-state index contributed by atoms with van der Waals surface area (Å²) in [6.07, 6.45) is 2.51. The maximum absolute atomic E-state index is 11.7. The van der Waals surface area contributed by atoms with Gasteiger partial charge in [-0.25, -0.2) is 4.79 Å². The van der Waals surface area contributed by atoms with Crippen LogP contribution in [0, 0.1) is 6.92 Å². The van der Waals surface area contributed by atoms with E-state index in [-0.39, 0.29) is 5.57 Å². The van der Waals surface area contributed by atoms with Gasteiger partial charge in [0.25, 0.3) is 0 Å². The predicted molar refractivity (Wildman–Crippen MR) is 93.9 cm³/mol. The minimum absolute atomic E-state index is 0.180. The Morgan fingerprint density at radius 2 is 2.00 bits per heavy atom. The summed E-state index contributed by atoms with van der Waals surface area (Å²) >= 11 is 6.12. The molecule has 0 saturated heterocycles. The van der Waals surface area contributed by atoms with Crippen molar-refractivity contribution in [3.05, 3.63) is 64.2 Å². The molecule has 23 heavy (non-hydrogen) atoms. The summed E-state index contributed by atoms with van der Waals surface area (Å²) in [7, 11) is 0. The molecular weight excluding hydrogens is 312 g/mol. The van der Waals surface area contributed by atoms with Gasteiger partial charge in [-0.2, -0.15) is 0 Å². The fourth-order valence-electron chi connectivity index (χ4n) is 2.13. The molecule has 0 amide bonds. The molecule has 0 aliphatic carbocycles. The largest absolute Gasteiger partial charge is 0.493 e. The van der Waals surface area contributed by atoms with Crippen molar-refractivity contribution in [3.8, 4) is 5.75 Å². The van der Waals surface area contributed by atoms with Gasteiger partial charge >= 0.3 is 5.97 Å². The van der Waals surface area contributed by atoms with Crippen LogP contribution in [0.3, 0.4) is 0 Å². The van der Waals surface area contributed by atoms with Crippen LogP contribution in [0.15, 0.2) is 42.5 Å². The molecule has 2 rings (SSSR count). The van der Waals surface area contributed by atoms with Crippen LogP contribution >= 0.6 is 11.6 Å². The van der Waals surface area contributed by atoms with E-state index in [1.54, 1.807) is 18.2 Å². The van der Waals surface area contributed by atoms with Crippen LogP contribution in [0.25, 0.3) is 11.6 Å². The van der Waals surface area contributed by atoms with E-state index in [1.807, 2.05) is 44.2 Å². The molecule has 0 aliphatic heterocycles. The SMILES string of the molecule is CCCOc1ccccc1/C=C(\C(=O)O)c1ccc(C)c(Cl)c1. The number of benzene rings is 2. The van der Waals surface area contributed by atoms with Crippen LogP contribution < -0.4 is 4.74 Å². The molecule has 2 aromatic carbocycles. The van der Waals surface area contributed by atoms with Crippen LogP contribution in [0.2, 0.25) is 5.02 Å². The molecule has 2 aromatic rings. The van der Waals surface area contributed by atoms with E-state index >= 15 is 0 Å². The number of halogens is 1. The first-order chi connectivity index (χ1) is 11.0. The second kappa shape index (κ2) is 7.84. The minimum Gasteiger partial charge on any atom is -0.493 e. The van der Waals surface area contributed by atoms with Crippen LogP contribution in [-0.2, 0) is 4.79 Å². The lowest BCUT2D eigenvalue weighted by molar-refractivity contribution is -0.130. The molecule has 120 valence electrons. The average molecular weight is 331 g/mol. The number of hydrogen-bond acceptors (Lipinski definition) is 2. The van der Waals surface area contributed by atoms with Gasteiger partial charge in [0.15, 0.2) is 0 Å². The molecule has 4 heteroatoms. The summed E-state index contributed by atoms with van der Waals surface area (Å²) in [4.78, 5) is 11.7. The predicted octanol–water partition coefficient (Wildman–Crippen LogP) is 5.06. The average Bonchev–Trinajstić information content (AvgIpc) is 2.54. The van der Waals surface area contributed by atoms with Gasteiger partial charge in [0.2, 0.25) is 0 Å². The first-order valence-corrected chi connectivity index (χ1v) is 7.84. The third-order valence-electron chi connectivity index (χ3n) is 3.39. The standard InChI is InChI=1S/C19H19ClO3/c1-3-10-23-18-7-5-4-6-15(18)11-16(19(21)22)14-9-8-13(2)17(20)12-14/h4-9,11-12H,3,10H2,1-2H3,(H,21,22)/b16-11-. The van der Waals surface area contributed by atoms with E-state index in [2.05, 4.69) is 0 Å². The number of para-hydroxylation sites is 1. The lowest BCUT2D eigenvalue weighted by atomic mass is 10.0. The van der Waals surface area contributed by atoms with Crippen LogP contribution in [0.5, 0.6) is 5.75 Å². The Morgan fingerprint density at radius 3 is 2.65 bits per heavy atom. The molecule has 3 nitrogen and oxygen atoms in total. The summed E-state index contributed by atoms with van der Waals surface area (Å²) < 4.78 is 5.68. The number of carbonyl (C=O) groups is 1. The fraction of sp³-hybridized carbons (Fsp3) is 0.211. The monoisotopic (exact) mass is 330 g/mol. The van der Waals surface area contributed by atoms with Gasteiger partial charge in [-0.1, -0.05) is 48.9 Å². The van der Waals surface area contributed by atoms with Gasteiger partial charge in [0.05, 0.1) is 12.2 Å². The van der Waals surface area contributed by atoms with Gasteiger partial charge in [-0.05, 0) is 42.7 Å². The molecule has 0 spiro atoms. The Kier molecular flexibility index (Phi) is 5.83. The molecule has 0 atom stereocenters. The highest BCUT2D eigenvalue weighted by Crippen LogP contribution is 2.27. The van der Waals surface area contributed by atoms with Crippen molar-refractivity contribution in [2.24, 2.45) is 0 Å². The topological polar surface area (TPSA) is 46.5 Å². The molecule has 0 bridgehead atoms. The molecule has 0 fully saturated rings. The highest BCUT2D eigenvalue weighted by Gasteiger charge is 2.13. The molecule has 0 aromatic heterocycles. The fourth-order valence-corrected chi connectivity index (χ4v) is 2.31. The van der Waals surface area contributed by atoms with Crippen molar-refractivity contribution in [2.45, 2.75) is 20.3 Å².